The molecule has 1 N–H and O–H groups in total. The summed E-state index contributed by atoms with van der Waals surface area (Å²) in [5.74, 6) is 0.0512. The van der Waals surface area contributed by atoms with Gasteiger partial charge < -0.3 is 4.74 Å². The molecule has 0 atom stereocenters. The third kappa shape index (κ3) is 5.78. The summed E-state index contributed by atoms with van der Waals surface area (Å²) in [5.41, 5.74) is 1.23. The summed E-state index contributed by atoms with van der Waals surface area (Å²) in [6.45, 7) is 0.0171. The van der Waals surface area contributed by atoms with Crippen molar-refractivity contribution in [3.05, 3.63) is 99.4 Å². The number of hydrazone groups is 1. The Kier molecular flexibility index (Phi) is 6.49. The molecule has 0 aliphatic rings. The molecule has 0 aliphatic heterocycles. The van der Waals surface area contributed by atoms with Gasteiger partial charge >= 0.3 is 6.18 Å². The van der Waals surface area contributed by atoms with Crippen molar-refractivity contribution in [1.82, 2.24) is 0 Å². The van der Waals surface area contributed by atoms with E-state index in [1.807, 2.05) is 0 Å². The van der Waals surface area contributed by atoms with Gasteiger partial charge in [0.1, 0.15) is 23.9 Å². The van der Waals surface area contributed by atoms with Gasteiger partial charge in [-0.3, -0.25) is 15.5 Å². The maximum Gasteiger partial charge on any atom is 0.416 e. The van der Waals surface area contributed by atoms with Crippen molar-refractivity contribution >= 4 is 17.6 Å². The topological polar surface area (TPSA) is 76.8 Å². The summed E-state index contributed by atoms with van der Waals surface area (Å²) in [4.78, 5) is 10.2. The fraction of sp³-hybridized carbons (Fsp3) is 0.0952. The van der Waals surface area contributed by atoms with Gasteiger partial charge in [0.05, 0.1) is 16.7 Å². The third-order valence-electron chi connectivity index (χ3n) is 4.13. The van der Waals surface area contributed by atoms with Gasteiger partial charge in [0, 0.05) is 11.6 Å². The number of alkyl halides is 3. The molecular formula is C21H15F4N3O3. The Bertz CT molecular complexity index is 1120. The highest BCUT2D eigenvalue weighted by Gasteiger charge is 2.33. The first-order valence-corrected chi connectivity index (χ1v) is 8.85. The number of hydrogen-bond donors (Lipinski definition) is 1. The standard InChI is InChI=1S/C21H15F4N3O3/c22-18-7-2-1-5-15(18)13-31-17-6-3-4-14(10-17)12-26-27-19-9-8-16(21(23,24)25)11-20(19)28(29)30/h1-12,27H,13H2/b26-12-. The molecule has 6 nitrogen and oxygen atoms in total. The van der Waals surface area contributed by atoms with E-state index in [9.17, 15) is 27.7 Å². The van der Waals surface area contributed by atoms with Crippen molar-refractivity contribution in [3.8, 4) is 5.75 Å². The van der Waals surface area contributed by atoms with Gasteiger partial charge in [0.2, 0.25) is 0 Å². The molecule has 0 amide bonds. The van der Waals surface area contributed by atoms with Gasteiger partial charge in [0.25, 0.3) is 5.69 Å². The molecule has 3 aromatic rings. The van der Waals surface area contributed by atoms with Crippen molar-refractivity contribution in [2.24, 2.45) is 5.10 Å². The Morgan fingerprint density at radius 3 is 2.55 bits per heavy atom. The lowest BCUT2D eigenvalue weighted by molar-refractivity contribution is -0.384. The van der Waals surface area contributed by atoms with E-state index in [4.69, 9.17) is 4.74 Å². The average molecular weight is 433 g/mol. The van der Waals surface area contributed by atoms with Crippen LogP contribution in [0.3, 0.4) is 0 Å². The minimum atomic E-state index is -4.70. The van der Waals surface area contributed by atoms with Crippen molar-refractivity contribution < 1.29 is 27.2 Å². The van der Waals surface area contributed by atoms with Crippen LogP contribution in [0.1, 0.15) is 16.7 Å². The quantitative estimate of drug-likeness (QED) is 0.222. The summed E-state index contributed by atoms with van der Waals surface area (Å²) in [5, 5.41) is 14.9. The van der Waals surface area contributed by atoms with Crippen molar-refractivity contribution in [2.75, 3.05) is 5.43 Å². The van der Waals surface area contributed by atoms with Crippen LogP contribution in [0.5, 0.6) is 5.75 Å². The lowest BCUT2D eigenvalue weighted by Gasteiger charge is -2.08. The fourth-order valence-electron chi connectivity index (χ4n) is 2.59. The highest BCUT2D eigenvalue weighted by atomic mass is 19.4. The minimum Gasteiger partial charge on any atom is -0.489 e. The Morgan fingerprint density at radius 1 is 1.06 bits per heavy atom. The van der Waals surface area contributed by atoms with Gasteiger partial charge in [0.15, 0.2) is 0 Å². The molecule has 0 bridgehead atoms. The first-order valence-electron chi connectivity index (χ1n) is 8.85. The molecule has 0 fully saturated rings. The van der Waals surface area contributed by atoms with Gasteiger partial charge in [-0.1, -0.05) is 30.3 Å². The first kappa shape index (κ1) is 21.8. The maximum absolute atomic E-state index is 13.7. The predicted molar refractivity (Wildman–Crippen MR) is 106 cm³/mol. The van der Waals surface area contributed by atoms with Crippen LogP contribution in [0.2, 0.25) is 0 Å². The number of halogens is 4. The SMILES string of the molecule is O=[N+]([O-])c1cc(C(F)(F)F)ccc1N/N=C\c1cccc(OCc2ccccc2F)c1. The Labute approximate surface area is 173 Å². The van der Waals surface area contributed by atoms with Crippen LogP contribution in [0.4, 0.5) is 28.9 Å². The Balaban J connectivity index is 1.69. The number of hydrogen-bond acceptors (Lipinski definition) is 5. The highest BCUT2D eigenvalue weighted by Crippen LogP contribution is 2.34. The number of nitro benzene ring substituents is 1. The normalized spacial score (nSPS) is 11.5. The summed E-state index contributed by atoms with van der Waals surface area (Å²) in [6, 6.07) is 14.9. The van der Waals surface area contributed by atoms with Gasteiger partial charge in [-0.05, 0) is 35.9 Å². The average Bonchev–Trinajstić information content (AvgIpc) is 2.73. The lowest BCUT2D eigenvalue weighted by Crippen LogP contribution is -2.06. The number of ether oxygens (including phenoxy) is 1. The Morgan fingerprint density at radius 2 is 1.84 bits per heavy atom. The molecular weight excluding hydrogens is 418 g/mol. The second-order valence-corrected chi connectivity index (χ2v) is 6.31. The number of nitro groups is 1. The molecule has 10 heteroatoms. The maximum atomic E-state index is 13.7. The van der Waals surface area contributed by atoms with Crippen LogP contribution < -0.4 is 10.2 Å². The predicted octanol–water partition coefficient (Wildman–Crippen LogP) is 5.78. The highest BCUT2D eigenvalue weighted by molar-refractivity contribution is 5.81. The van der Waals surface area contributed by atoms with Crippen LogP contribution in [-0.2, 0) is 12.8 Å². The molecule has 0 unspecified atom stereocenters. The van der Waals surface area contributed by atoms with E-state index >= 15 is 0 Å². The van der Waals surface area contributed by atoms with Crippen LogP contribution in [-0.4, -0.2) is 11.1 Å². The summed E-state index contributed by atoms with van der Waals surface area (Å²) < 4.78 is 57.5. The molecule has 3 aromatic carbocycles. The molecule has 0 saturated carbocycles. The molecule has 0 radical (unpaired) electrons. The molecule has 31 heavy (non-hydrogen) atoms. The number of benzene rings is 3. The molecule has 160 valence electrons. The minimum absolute atomic E-state index is 0.0171. The number of anilines is 1. The Hall–Kier alpha value is -3.95. The van der Waals surface area contributed by atoms with Crippen molar-refractivity contribution in [1.29, 1.82) is 0 Å². The number of nitrogens with one attached hydrogen (secondary N) is 1. The summed E-state index contributed by atoms with van der Waals surface area (Å²) in [7, 11) is 0. The van der Waals surface area contributed by atoms with E-state index in [1.54, 1.807) is 42.5 Å². The summed E-state index contributed by atoms with van der Waals surface area (Å²) in [6.07, 6.45) is -3.38. The third-order valence-corrected chi connectivity index (χ3v) is 4.13. The van der Waals surface area contributed by atoms with E-state index in [0.717, 1.165) is 12.1 Å². The zero-order valence-corrected chi connectivity index (χ0v) is 15.8. The van der Waals surface area contributed by atoms with E-state index in [1.165, 1.54) is 12.3 Å². The van der Waals surface area contributed by atoms with Gasteiger partial charge in [-0.15, -0.1) is 0 Å². The van der Waals surface area contributed by atoms with Crippen molar-refractivity contribution in [3.63, 3.8) is 0 Å². The monoisotopic (exact) mass is 433 g/mol. The first-order chi connectivity index (χ1) is 14.7. The van der Waals surface area contributed by atoms with E-state index in [2.05, 4.69) is 10.5 Å². The van der Waals surface area contributed by atoms with Gasteiger partial charge in [-0.25, -0.2) is 4.39 Å². The zero-order chi connectivity index (χ0) is 22.4. The smallest absolute Gasteiger partial charge is 0.416 e. The molecule has 3 rings (SSSR count). The largest absolute Gasteiger partial charge is 0.489 e. The molecule has 0 aliphatic carbocycles. The molecule has 0 saturated heterocycles. The number of rotatable bonds is 7. The second-order valence-electron chi connectivity index (χ2n) is 6.31. The summed E-state index contributed by atoms with van der Waals surface area (Å²) >= 11 is 0. The van der Waals surface area contributed by atoms with Crippen LogP contribution >= 0.6 is 0 Å². The van der Waals surface area contributed by atoms with Crippen LogP contribution in [0.15, 0.2) is 71.8 Å². The van der Waals surface area contributed by atoms with E-state index in [0.29, 0.717) is 22.9 Å². The van der Waals surface area contributed by atoms with E-state index < -0.39 is 22.4 Å². The zero-order valence-electron chi connectivity index (χ0n) is 15.8. The molecule has 0 spiro atoms. The lowest BCUT2D eigenvalue weighted by atomic mass is 10.1. The van der Waals surface area contributed by atoms with Gasteiger partial charge in [-0.2, -0.15) is 18.3 Å². The second kappa shape index (κ2) is 9.24. The van der Waals surface area contributed by atoms with Crippen LogP contribution in [0.25, 0.3) is 0 Å². The van der Waals surface area contributed by atoms with Crippen molar-refractivity contribution in [2.45, 2.75) is 12.8 Å². The fourth-order valence-corrected chi connectivity index (χ4v) is 2.59. The van der Waals surface area contributed by atoms with Crippen LogP contribution in [0, 0.1) is 15.9 Å². The van der Waals surface area contributed by atoms with E-state index in [-0.39, 0.29) is 18.1 Å². The molecule has 0 aromatic heterocycles. The molecule has 0 heterocycles. The number of nitrogens with zero attached hydrogens (tertiary/aromatic N) is 2.